The van der Waals surface area contributed by atoms with Crippen molar-refractivity contribution in [1.29, 1.82) is 0 Å². The summed E-state index contributed by atoms with van der Waals surface area (Å²) in [6.45, 7) is 0. The average molecular weight is 636 g/mol. The minimum Gasteiger partial charge on any atom is -0.308 e. The molecule has 0 atom stereocenters. The molecule has 11 rings (SSSR count). The molecule has 2 bridgehead atoms. The van der Waals surface area contributed by atoms with Gasteiger partial charge in [0.25, 0.3) is 0 Å². The molecule has 3 heterocycles. The third kappa shape index (κ3) is 4.04. The first-order valence-electron chi connectivity index (χ1n) is 17.2. The van der Waals surface area contributed by atoms with Crippen molar-refractivity contribution >= 4 is 54.1 Å². The van der Waals surface area contributed by atoms with E-state index in [0.717, 1.165) is 45.2 Å². The SMILES string of the molecule is c1ccc(-c2nc(-c3ccc4ccccc4c3)nc3c2Cc2ccc4c5cc6ccccc6cc5n(c4c2)-c2c-3ccc3ccccc23)cc1. The first-order chi connectivity index (χ1) is 24.8. The smallest absolute Gasteiger partial charge is 0.160 e. The summed E-state index contributed by atoms with van der Waals surface area (Å²) in [6, 6.07) is 59.4. The van der Waals surface area contributed by atoms with Gasteiger partial charge in [0.05, 0.1) is 28.1 Å². The summed E-state index contributed by atoms with van der Waals surface area (Å²) in [6.07, 6.45) is 0.712. The van der Waals surface area contributed by atoms with E-state index in [1.807, 2.05) is 0 Å². The Morgan fingerprint density at radius 2 is 1.08 bits per heavy atom. The summed E-state index contributed by atoms with van der Waals surface area (Å²) >= 11 is 0. The van der Waals surface area contributed by atoms with Gasteiger partial charge in [-0.2, -0.15) is 0 Å². The third-order valence-electron chi connectivity index (χ3n) is 10.5. The second-order valence-corrected chi connectivity index (χ2v) is 13.4. The first-order valence-corrected chi connectivity index (χ1v) is 17.2. The van der Waals surface area contributed by atoms with Gasteiger partial charge in [0.1, 0.15) is 0 Å². The van der Waals surface area contributed by atoms with Gasteiger partial charge in [0, 0.05) is 44.8 Å². The molecular formula is C47H29N3. The molecule has 1 aliphatic heterocycles. The van der Waals surface area contributed by atoms with Crippen molar-refractivity contribution in [1.82, 2.24) is 14.5 Å². The topological polar surface area (TPSA) is 30.7 Å². The zero-order chi connectivity index (χ0) is 32.8. The van der Waals surface area contributed by atoms with Crippen LogP contribution >= 0.6 is 0 Å². The molecule has 232 valence electrons. The van der Waals surface area contributed by atoms with Crippen LogP contribution < -0.4 is 0 Å². The van der Waals surface area contributed by atoms with Crippen LogP contribution in [0.2, 0.25) is 0 Å². The van der Waals surface area contributed by atoms with E-state index in [-0.39, 0.29) is 0 Å². The van der Waals surface area contributed by atoms with Gasteiger partial charge >= 0.3 is 0 Å². The highest BCUT2D eigenvalue weighted by atomic mass is 15.0. The largest absolute Gasteiger partial charge is 0.308 e. The minimum absolute atomic E-state index is 0.712. The molecule has 0 amide bonds. The van der Waals surface area contributed by atoms with Crippen LogP contribution in [0, 0.1) is 0 Å². The predicted octanol–water partition coefficient (Wildman–Crippen LogP) is 11.9. The summed E-state index contributed by atoms with van der Waals surface area (Å²) in [5, 5.41) is 9.77. The van der Waals surface area contributed by atoms with Crippen LogP contribution in [0.4, 0.5) is 0 Å². The Hall–Kier alpha value is -6.58. The quantitative estimate of drug-likeness (QED) is 0.189. The van der Waals surface area contributed by atoms with Crippen molar-refractivity contribution in [3.05, 3.63) is 175 Å². The van der Waals surface area contributed by atoms with Gasteiger partial charge in [-0.3, -0.25) is 0 Å². The Balaban J connectivity index is 1.31. The molecule has 8 aromatic carbocycles. The van der Waals surface area contributed by atoms with E-state index in [9.17, 15) is 0 Å². The molecular weight excluding hydrogens is 607 g/mol. The normalized spacial score (nSPS) is 12.3. The van der Waals surface area contributed by atoms with Crippen molar-refractivity contribution in [2.75, 3.05) is 0 Å². The molecule has 50 heavy (non-hydrogen) atoms. The van der Waals surface area contributed by atoms with E-state index in [1.165, 1.54) is 59.7 Å². The van der Waals surface area contributed by atoms with Crippen molar-refractivity contribution < 1.29 is 0 Å². The number of hydrogen-bond acceptors (Lipinski definition) is 2. The van der Waals surface area contributed by atoms with Crippen LogP contribution in [0.5, 0.6) is 0 Å². The maximum absolute atomic E-state index is 5.57. The first kappa shape index (κ1) is 27.4. The highest BCUT2D eigenvalue weighted by Gasteiger charge is 2.26. The number of benzene rings is 8. The van der Waals surface area contributed by atoms with Crippen molar-refractivity contribution in [2.45, 2.75) is 6.42 Å². The maximum atomic E-state index is 5.57. The second kappa shape index (κ2) is 10.5. The molecule has 0 N–H and O–H groups in total. The van der Waals surface area contributed by atoms with Crippen molar-refractivity contribution in [3.8, 4) is 39.6 Å². The highest BCUT2D eigenvalue weighted by molar-refractivity contribution is 6.15. The van der Waals surface area contributed by atoms with E-state index in [4.69, 9.17) is 9.97 Å². The third-order valence-corrected chi connectivity index (χ3v) is 10.5. The molecule has 0 saturated heterocycles. The summed E-state index contributed by atoms with van der Waals surface area (Å²) in [4.78, 5) is 11.0. The zero-order valence-electron chi connectivity index (χ0n) is 27.1. The molecule has 0 fully saturated rings. The molecule has 2 aromatic heterocycles. The Kier molecular flexibility index (Phi) is 5.73. The van der Waals surface area contributed by atoms with Crippen LogP contribution in [-0.2, 0) is 6.42 Å². The van der Waals surface area contributed by atoms with Crippen molar-refractivity contribution in [2.24, 2.45) is 0 Å². The maximum Gasteiger partial charge on any atom is 0.160 e. The molecule has 0 aliphatic carbocycles. The number of nitrogens with zero attached hydrogens (tertiary/aromatic N) is 3. The van der Waals surface area contributed by atoms with Gasteiger partial charge in [-0.05, 0) is 56.8 Å². The zero-order valence-corrected chi connectivity index (χ0v) is 27.1. The highest BCUT2D eigenvalue weighted by Crippen LogP contribution is 2.45. The fraction of sp³-hybridized carbons (Fsp3) is 0.0213. The van der Waals surface area contributed by atoms with E-state index in [0.29, 0.717) is 6.42 Å². The monoisotopic (exact) mass is 635 g/mol. The summed E-state index contributed by atoms with van der Waals surface area (Å²) in [5.41, 5.74) is 11.1. The van der Waals surface area contributed by atoms with Gasteiger partial charge in [0.2, 0.25) is 0 Å². The molecule has 0 radical (unpaired) electrons. The van der Waals surface area contributed by atoms with Crippen LogP contribution in [-0.4, -0.2) is 14.5 Å². The summed E-state index contributed by atoms with van der Waals surface area (Å²) in [7, 11) is 0. The molecule has 3 heteroatoms. The Morgan fingerprint density at radius 1 is 0.420 bits per heavy atom. The summed E-state index contributed by atoms with van der Waals surface area (Å²) < 4.78 is 2.51. The fourth-order valence-electron chi connectivity index (χ4n) is 8.16. The van der Waals surface area contributed by atoms with Gasteiger partial charge in [-0.1, -0.05) is 140 Å². The standard InChI is InChI=1S/C47H29N3/c1-2-12-32(13-3-1)44-41-24-29-18-22-38-40-27-34-15-6-7-16-35(34)28-43(40)50(42(38)25-29)46-37-17-9-8-11-31(37)21-23-39(46)45(41)49-47(48-44)36-20-19-30-10-4-5-14-33(30)26-36/h1-23,25-28H,24H2. The Labute approximate surface area is 288 Å². The van der Waals surface area contributed by atoms with Gasteiger partial charge in [-0.15, -0.1) is 0 Å². The molecule has 10 aromatic rings. The second-order valence-electron chi connectivity index (χ2n) is 13.4. The lowest BCUT2D eigenvalue weighted by Crippen LogP contribution is -2.06. The van der Waals surface area contributed by atoms with E-state index in [1.54, 1.807) is 0 Å². The van der Waals surface area contributed by atoms with Crippen LogP contribution in [0.1, 0.15) is 11.1 Å². The van der Waals surface area contributed by atoms with E-state index in [2.05, 4.69) is 168 Å². The molecule has 3 nitrogen and oxygen atoms in total. The van der Waals surface area contributed by atoms with Crippen LogP contribution in [0.15, 0.2) is 164 Å². The van der Waals surface area contributed by atoms with Crippen LogP contribution in [0.25, 0.3) is 93.7 Å². The molecule has 1 aliphatic rings. The number of aromatic nitrogens is 3. The van der Waals surface area contributed by atoms with Gasteiger partial charge in [0.15, 0.2) is 5.82 Å². The number of hydrogen-bond donors (Lipinski definition) is 0. The molecule has 0 unspecified atom stereocenters. The van der Waals surface area contributed by atoms with Gasteiger partial charge < -0.3 is 4.57 Å². The number of fused-ring (bicyclic) bond motifs is 12. The lowest BCUT2D eigenvalue weighted by molar-refractivity contribution is 1.09. The molecule has 0 spiro atoms. The van der Waals surface area contributed by atoms with E-state index < -0.39 is 0 Å². The molecule has 0 saturated carbocycles. The fourth-order valence-corrected chi connectivity index (χ4v) is 8.16. The summed E-state index contributed by atoms with van der Waals surface area (Å²) in [5.74, 6) is 0.729. The Bertz CT molecular complexity index is 3010. The predicted molar refractivity (Wildman–Crippen MR) is 208 cm³/mol. The Morgan fingerprint density at radius 3 is 1.92 bits per heavy atom. The minimum atomic E-state index is 0.712. The average Bonchev–Trinajstić information content (AvgIpc) is 3.49. The van der Waals surface area contributed by atoms with E-state index >= 15 is 0 Å². The lowest BCUT2D eigenvalue weighted by Gasteiger charge is -2.20. The lowest BCUT2D eigenvalue weighted by atomic mass is 9.92. The van der Waals surface area contributed by atoms with Crippen LogP contribution in [0.3, 0.4) is 0 Å². The van der Waals surface area contributed by atoms with Gasteiger partial charge in [-0.25, -0.2) is 9.97 Å². The number of rotatable bonds is 2. The van der Waals surface area contributed by atoms with Crippen molar-refractivity contribution in [3.63, 3.8) is 0 Å².